The maximum atomic E-state index is 12.7. The molecule has 0 atom stereocenters. The monoisotopic (exact) mass is 394 g/mol. The lowest BCUT2D eigenvalue weighted by atomic mass is 10.1. The molecule has 0 aliphatic heterocycles. The molecule has 0 saturated carbocycles. The van der Waals surface area contributed by atoms with E-state index in [1.807, 2.05) is 0 Å². The Morgan fingerprint density at radius 3 is 2.54 bits per heavy atom. The molecule has 2 amide bonds. The van der Waals surface area contributed by atoms with Crippen LogP contribution in [0.4, 0.5) is 18.9 Å². The van der Waals surface area contributed by atoms with Crippen LogP contribution >= 0.6 is 0 Å². The Hall–Kier alpha value is -3.49. The summed E-state index contributed by atoms with van der Waals surface area (Å²) >= 11 is 0. The molecule has 0 saturated heterocycles. The number of hydrogen-bond donors (Lipinski definition) is 2. The molecule has 2 aromatic carbocycles. The smallest absolute Gasteiger partial charge is 0.416 e. The largest absolute Gasteiger partial charge is 0.493 e. The first-order valence-electron chi connectivity index (χ1n) is 7.94. The molecule has 0 aliphatic rings. The summed E-state index contributed by atoms with van der Waals surface area (Å²) < 4.78 is 48.5. The minimum atomic E-state index is -4.49. The predicted molar refractivity (Wildman–Crippen MR) is 96.8 cm³/mol. The number of primary amides is 1. The SMILES string of the molecule is COc1cc(/C=C/C(=O)Nc2cccc(C(F)(F)F)c2)ccc1OCC(N)=O. The third-order valence-electron chi connectivity index (χ3n) is 3.44. The molecule has 0 fully saturated rings. The highest BCUT2D eigenvalue weighted by Gasteiger charge is 2.30. The van der Waals surface area contributed by atoms with Gasteiger partial charge in [-0.1, -0.05) is 12.1 Å². The number of carbonyl (C=O) groups is 2. The Balaban J connectivity index is 2.07. The van der Waals surface area contributed by atoms with Gasteiger partial charge in [0.05, 0.1) is 12.7 Å². The molecule has 28 heavy (non-hydrogen) atoms. The van der Waals surface area contributed by atoms with Crippen LogP contribution in [0.5, 0.6) is 11.5 Å². The van der Waals surface area contributed by atoms with E-state index in [1.165, 1.54) is 37.5 Å². The van der Waals surface area contributed by atoms with Gasteiger partial charge in [-0.05, 0) is 42.0 Å². The summed E-state index contributed by atoms with van der Waals surface area (Å²) in [6, 6.07) is 9.02. The first kappa shape index (κ1) is 20.8. The van der Waals surface area contributed by atoms with Crippen molar-refractivity contribution in [2.24, 2.45) is 5.73 Å². The number of anilines is 1. The first-order valence-corrected chi connectivity index (χ1v) is 7.94. The van der Waals surface area contributed by atoms with Gasteiger partial charge in [-0.3, -0.25) is 9.59 Å². The fraction of sp³-hybridized carbons (Fsp3) is 0.158. The van der Waals surface area contributed by atoms with Crippen LogP contribution in [0.3, 0.4) is 0 Å². The van der Waals surface area contributed by atoms with Gasteiger partial charge >= 0.3 is 6.18 Å². The Kier molecular flexibility index (Phi) is 6.64. The summed E-state index contributed by atoms with van der Waals surface area (Å²) in [6.45, 7) is -0.315. The number of benzene rings is 2. The van der Waals surface area contributed by atoms with E-state index in [1.54, 1.807) is 12.1 Å². The maximum absolute atomic E-state index is 12.7. The molecule has 9 heteroatoms. The lowest BCUT2D eigenvalue weighted by Crippen LogP contribution is -2.20. The number of nitrogens with two attached hydrogens (primary N) is 1. The lowest BCUT2D eigenvalue weighted by Gasteiger charge is -2.10. The molecule has 0 unspecified atom stereocenters. The van der Waals surface area contributed by atoms with Crippen molar-refractivity contribution in [3.05, 3.63) is 59.7 Å². The van der Waals surface area contributed by atoms with E-state index in [9.17, 15) is 22.8 Å². The van der Waals surface area contributed by atoms with Crippen LogP contribution < -0.4 is 20.5 Å². The van der Waals surface area contributed by atoms with Gasteiger partial charge in [0.1, 0.15) is 0 Å². The van der Waals surface area contributed by atoms with Gasteiger partial charge in [0, 0.05) is 11.8 Å². The molecular formula is C19H17F3N2O4. The van der Waals surface area contributed by atoms with Gasteiger partial charge < -0.3 is 20.5 Å². The third kappa shape index (κ3) is 6.04. The zero-order valence-electron chi connectivity index (χ0n) is 14.7. The number of alkyl halides is 3. The second-order valence-corrected chi connectivity index (χ2v) is 5.57. The molecule has 0 spiro atoms. The molecular weight excluding hydrogens is 377 g/mol. The van der Waals surface area contributed by atoms with Crippen molar-refractivity contribution >= 4 is 23.6 Å². The maximum Gasteiger partial charge on any atom is 0.416 e. The molecule has 0 aliphatic carbocycles. The quantitative estimate of drug-likeness (QED) is 0.706. The Bertz CT molecular complexity index is 895. The number of nitrogens with one attached hydrogen (secondary N) is 1. The van der Waals surface area contributed by atoms with Gasteiger partial charge in [0.2, 0.25) is 5.91 Å². The minimum Gasteiger partial charge on any atom is -0.493 e. The van der Waals surface area contributed by atoms with Crippen molar-refractivity contribution in [3.8, 4) is 11.5 Å². The van der Waals surface area contributed by atoms with Crippen LogP contribution in [0.2, 0.25) is 0 Å². The first-order chi connectivity index (χ1) is 13.2. The Morgan fingerprint density at radius 2 is 1.89 bits per heavy atom. The van der Waals surface area contributed by atoms with Crippen molar-refractivity contribution in [3.63, 3.8) is 0 Å². The summed E-state index contributed by atoms with van der Waals surface area (Å²) in [5.74, 6) is -0.627. The molecule has 0 heterocycles. The van der Waals surface area contributed by atoms with Crippen LogP contribution in [0.15, 0.2) is 48.5 Å². The standard InChI is InChI=1S/C19H17F3N2O4/c1-27-16-9-12(5-7-15(16)28-11-17(23)25)6-8-18(26)24-14-4-2-3-13(10-14)19(20,21)22/h2-10H,11H2,1H3,(H2,23,25)(H,24,26)/b8-6+. The van der Waals surface area contributed by atoms with Crippen molar-refractivity contribution in [2.75, 3.05) is 19.0 Å². The zero-order chi connectivity index (χ0) is 20.7. The third-order valence-corrected chi connectivity index (χ3v) is 3.44. The van der Waals surface area contributed by atoms with Crippen LogP contribution in [-0.4, -0.2) is 25.5 Å². The van der Waals surface area contributed by atoms with Gasteiger partial charge in [-0.2, -0.15) is 13.2 Å². The van der Waals surface area contributed by atoms with Crippen molar-refractivity contribution < 1.29 is 32.2 Å². The fourth-order valence-corrected chi connectivity index (χ4v) is 2.19. The number of methoxy groups -OCH3 is 1. The summed E-state index contributed by atoms with van der Waals surface area (Å²) in [4.78, 5) is 22.7. The topological polar surface area (TPSA) is 90.7 Å². The number of carbonyl (C=O) groups excluding carboxylic acids is 2. The van der Waals surface area contributed by atoms with E-state index in [0.29, 0.717) is 17.1 Å². The van der Waals surface area contributed by atoms with Gasteiger partial charge in [-0.15, -0.1) is 0 Å². The zero-order valence-corrected chi connectivity index (χ0v) is 14.7. The molecule has 0 bridgehead atoms. The summed E-state index contributed by atoms with van der Waals surface area (Å²) in [6.07, 6.45) is -1.88. The van der Waals surface area contributed by atoms with Crippen LogP contribution in [0.25, 0.3) is 6.08 Å². The Morgan fingerprint density at radius 1 is 1.14 bits per heavy atom. The Labute approximate surface area is 158 Å². The average molecular weight is 394 g/mol. The normalized spacial score (nSPS) is 11.3. The van der Waals surface area contributed by atoms with Crippen molar-refractivity contribution in [2.45, 2.75) is 6.18 Å². The second-order valence-electron chi connectivity index (χ2n) is 5.57. The van der Waals surface area contributed by atoms with Crippen molar-refractivity contribution in [1.29, 1.82) is 0 Å². The van der Waals surface area contributed by atoms with E-state index < -0.39 is 23.6 Å². The molecule has 0 radical (unpaired) electrons. The van der Waals surface area contributed by atoms with E-state index in [2.05, 4.69) is 5.32 Å². The molecule has 6 nitrogen and oxygen atoms in total. The number of ether oxygens (including phenoxy) is 2. The van der Waals surface area contributed by atoms with E-state index >= 15 is 0 Å². The van der Waals surface area contributed by atoms with Crippen molar-refractivity contribution in [1.82, 2.24) is 0 Å². The highest BCUT2D eigenvalue weighted by molar-refractivity contribution is 6.02. The minimum absolute atomic E-state index is 0.0252. The summed E-state index contributed by atoms with van der Waals surface area (Å²) in [5, 5.41) is 2.36. The number of amides is 2. The predicted octanol–water partition coefficient (Wildman–Crippen LogP) is 3.23. The highest BCUT2D eigenvalue weighted by Crippen LogP contribution is 2.31. The average Bonchev–Trinajstić information content (AvgIpc) is 2.64. The summed E-state index contributed by atoms with van der Waals surface area (Å²) in [7, 11) is 1.40. The molecule has 2 rings (SSSR count). The van der Waals surface area contributed by atoms with E-state index in [4.69, 9.17) is 15.2 Å². The summed E-state index contributed by atoms with van der Waals surface area (Å²) in [5.41, 5.74) is 4.76. The second kappa shape index (κ2) is 8.94. The number of halogens is 3. The van der Waals surface area contributed by atoms with Crippen LogP contribution in [0.1, 0.15) is 11.1 Å². The van der Waals surface area contributed by atoms with E-state index in [-0.39, 0.29) is 12.3 Å². The van der Waals surface area contributed by atoms with Crippen LogP contribution in [0, 0.1) is 0 Å². The fourth-order valence-electron chi connectivity index (χ4n) is 2.19. The molecule has 3 N–H and O–H groups in total. The van der Waals surface area contributed by atoms with Crippen LogP contribution in [-0.2, 0) is 15.8 Å². The molecule has 2 aromatic rings. The number of rotatable bonds is 7. The highest BCUT2D eigenvalue weighted by atomic mass is 19.4. The van der Waals surface area contributed by atoms with Gasteiger partial charge in [0.25, 0.3) is 5.91 Å². The number of hydrogen-bond acceptors (Lipinski definition) is 4. The lowest BCUT2D eigenvalue weighted by molar-refractivity contribution is -0.137. The molecule has 148 valence electrons. The van der Waals surface area contributed by atoms with Gasteiger partial charge in [0.15, 0.2) is 18.1 Å². The van der Waals surface area contributed by atoms with E-state index in [0.717, 1.165) is 12.1 Å². The van der Waals surface area contributed by atoms with Gasteiger partial charge in [-0.25, -0.2) is 0 Å². The molecule has 0 aromatic heterocycles.